The quantitative estimate of drug-likeness (QED) is 0.901. The van der Waals surface area contributed by atoms with E-state index in [2.05, 4.69) is 28.8 Å². The van der Waals surface area contributed by atoms with Gasteiger partial charge in [0.05, 0.1) is 6.04 Å². The normalized spacial score (nSPS) is 18.1. The summed E-state index contributed by atoms with van der Waals surface area (Å²) in [6.07, 6.45) is 3.26. The van der Waals surface area contributed by atoms with E-state index in [4.69, 9.17) is 0 Å². The zero-order valence-corrected chi connectivity index (χ0v) is 13.2. The maximum atomic E-state index is 12.9. The number of carbonyl (C=O) groups excluding carboxylic acids is 1. The van der Waals surface area contributed by atoms with E-state index in [-0.39, 0.29) is 23.8 Å². The molecule has 1 amide bonds. The van der Waals surface area contributed by atoms with E-state index in [1.165, 1.54) is 23.3 Å². The lowest BCUT2D eigenvalue weighted by atomic mass is 9.87. The Bertz CT molecular complexity index is 684. The Kier molecular flexibility index (Phi) is 4.72. The maximum Gasteiger partial charge on any atom is 0.241 e. The molecule has 1 aliphatic rings. The second-order valence-corrected chi connectivity index (χ2v) is 6.03. The second kappa shape index (κ2) is 6.92. The highest BCUT2D eigenvalue weighted by atomic mass is 19.1. The molecular weight excluding hydrogens is 291 g/mol. The molecule has 2 N–H and O–H groups in total. The third-order valence-corrected chi connectivity index (χ3v) is 4.33. The van der Waals surface area contributed by atoms with Gasteiger partial charge in [0.2, 0.25) is 5.91 Å². The zero-order chi connectivity index (χ0) is 16.2. The van der Waals surface area contributed by atoms with Crippen molar-refractivity contribution in [2.75, 3.05) is 5.32 Å². The van der Waals surface area contributed by atoms with Crippen molar-refractivity contribution in [3.05, 3.63) is 65.5 Å². The summed E-state index contributed by atoms with van der Waals surface area (Å²) in [6.45, 7) is 1.86. The number of rotatable bonds is 4. The first-order valence-corrected chi connectivity index (χ1v) is 8.04. The van der Waals surface area contributed by atoms with E-state index in [0.29, 0.717) is 5.69 Å². The van der Waals surface area contributed by atoms with Gasteiger partial charge < -0.3 is 5.32 Å². The van der Waals surface area contributed by atoms with Gasteiger partial charge in [0.25, 0.3) is 0 Å². The number of fused-ring (bicyclic) bond motifs is 1. The van der Waals surface area contributed by atoms with Crippen molar-refractivity contribution in [2.45, 2.75) is 38.3 Å². The highest BCUT2D eigenvalue weighted by Crippen LogP contribution is 2.29. The smallest absolute Gasteiger partial charge is 0.241 e. The molecule has 4 heteroatoms. The lowest BCUT2D eigenvalue weighted by molar-refractivity contribution is -0.118. The topological polar surface area (TPSA) is 41.1 Å². The number of anilines is 1. The van der Waals surface area contributed by atoms with Crippen molar-refractivity contribution in [2.24, 2.45) is 0 Å². The Morgan fingerprint density at radius 2 is 1.91 bits per heavy atom. The van der Waals surface area contributed by atoms with Crippen LogP contribution in [0.25, 0.3) is 0 Å². The molecule has 2 aromatic rings. The average molecular weight is 312 g/mol. The summed E-state index contributed by atoms with van der Waals surface area (Å²) >= 11 is 0. The van der Waals surface area contributed by atoms with Gasteiger partial charge in [-0.2, -0.15) is 0 Å². The standard InChI is InChI=1S/C19H21FN2O/c1-13(19(23)22-16-11-9-15(20)10-12-16)21-18-8-4-6-14-5-2-3-7-17(14)18/h2-3,5,7,9-13,18,21H,4,6,8H2,1H3,(H,22,23)/t13-,18+/m0/s1. The number of aryl methyl sites for hydroxylation is 1. The highest BCUT2D eigenvalue weighted by Gasteiger charge is 2.23. The molecule has 0 fully saturated rings. The van der Waals surface area contributed by atoms with Crippen LogP contribution in [-0.2, 0) is 11.2 Å². The van der Waals surface area contributed by atoms with Crippen LogP contribution in [0, 0.1) is 5.82 Å². The van der Waals surface area contributed by atoms with Crippen molar-refractivity contribution >= 4 is 11.6 Å². The van der Waals surface area contributed by atoms with Gasteiger partial charge >= 0.3 is 0 Å². The van der Waals surface area contributed by atoms with Crippen LogP contribution in [0.4, 0.5) is 10.1 Å². The number of amides is 1. The fourth-order valence-corrected chi connectivity index (χ4v) is 3.09. The summed E-state index contributed by atoms with van der Waals surface area (Å²) in [5.41, 5.74) is 3.26. The molecule has 0 saturated heterocycles. The Balaban J connectivity index is 1.64. The number of halogens is 1. The van der Waals surface area contributed by atoms with E-state index in [0.717, 1.165) is 19.3 Å². The molecule has 120 valence electrons. The molecule has 0 saturated carbocycles. The first-order valence-electron chi connectivity index (χ1n) is 8.04. The molecule has 3 nitrogen and oxygen atoms in total. The first kappa shape index (κ1) is 15.7. The monoisotopic (exact) mass is 312 g/mol. The molecule has 2 aromatic carbocycles. The van der Waals surface area contributed by atoms with Gasteiger partial charge in [-0.3, -0.25) is 10.1 Å². The molecule has 0 spiro atoms. The third kappa shape index (κ3) is 3.77. The van der Waals surface area contributed by atoms with E-state index in [1.807, 2.05) is 13.0 Å². The van der Waals surface area contributed by atoms with Gasteiger partial charge in [-0.1, -0.05) is 24.3 Å². The summed E-state index contributed by atoms with van der Waals surface area (Å²) < 4.78 is 12.9. The minimum Gasteiger partial charge on any atom is -0.325 e. The van der Waals surface area contributed by atoms with Crippen LogP contribution in [0.2, 0.25) is 0 Å². The molecule has 0 aliphatic heterocycles. The molecule has 0 radical (unpaired) electrons. The van der Waals surface area contributed by atoms with Gasteiger partial charge in [0.15, 0.2) is 0 Å². The lowest BCUT2D eigenvalue weighted by Crippen LogP contribution is -2.41. The van der Waals surface area contributed by atoms with Gasteiger partial charge in [0, 0.05) is 11.7 Å². The summed E-state index contributed by atoms with van der Waals surface area (Å²) in [5, 5.41) is 6.23. The lowest BCUT2D eigenvalue weighted by Gasteiger charge is -2.28. The van der Waals surface area contributed by atoms with Crippen molar-refractivity contribution in [1.82, 2.24) is 5.32 Å². The van der Waals surface area contributed by atoms with Crippen LogP contribution in [0.5, 0.6) is 0 Å². The zero-order valence-electron chi connectivity index (χ0n) is 13.2. The summed E-state index contributed by atoms with van der Waals surface area (Å²) in [7, 11) is 0. The molecular formula is C19H21FN2O. The number of hydrogen-bond acceptors (Lipinski definition) is 2. The van der Waals surface area contributed by atoms with E-state index < -0.39 is 0 Å². The second-order valence-electron chi connectivity index (χ2n) is 6.03. The van der Waals surface area contributed by atoms with Gasteiger partial charge in [-0.05, 0) is 61.6 Å². The van der Waals surface area contributed by atoms with Gasteiger partial charge in [-0.15, -0.1) is 0 Å². The minimum absolute atomic E-state index is 0.111. The Morgan fingerprint density at radius 1 is 1.17 bits per heavy atom. The van der Waals surface area contributed by atoms with E-state index in [1.54, 1.807) is 12.1 Å². The van der Waals surface area contributed by atoms with Crippen LogP contribution >= 0.6 is 0 Å². The van der Waals surface area contributed by atoms with Gasteiger partial charge in [-0.25, -0.2) is 4.39 Å². The Hall–Kier alpha value is -2.20. The minimum atomic E-state index is -0.323. The van der Waals surface area contributed by atoms with Crippen molar-refractivity contribution in [1.29, 1.82) is 0 Å². The SMILES string of the molecule is C[C@H](N[C@@H]1CCCc2ccccc21)C(=O)Nc1ccc(F)cc1. The average Bonchev–Trinajstić information content (AvgIpc) is 2.57. The Labute approximate surface area is 135 Å². The first-order chi connectivity index (χ1) is 11.1. The maximum absolute atomic E-state index is 12.9. The van der Waals surface area contributed by atoms with Crippen molar-refractivity contribution < 1.29 is 9.18 Å². The summed E-state index contributed by atoms with van der Waals surface area (Å²) in [6, 6.07) is 14.1. The predicted octanol–water partition coefficient (Wildman–Crippen LogP) is 3.82. The van der Waals surface area contributed by atoms with Crippen molar-refractivity contribution in [3.63, 3.8) is 0 Å². The van der Waals surface area contributed by atoms with Crippen LogP contribution in [-0.4, -0.2) is 11.9 Å². The third-order valence-electron chi connectivity index (χ3n) is 4.33. The number of hydrogen-bond donors (Lipinski definition) is 2. The van der Waals surface area contributed by atoms with E-state index >= 15 is 0 Å². The molecule has 0 aromatic heterocycles. The molecule has 23 heavy (non-hydrogen) atoms. The van der Waals surface area contributed by atoms with Crippen LogP contribution in [0.15, 0.2) is 48.5 Å². The molecule has 0 unspecified atom stereocenters. The number of nitrogens with one attached hydrogen (secondary N) is 2. The molecule has 0 bridgehead atoms. The fourth-order valence-electron chi connectivity index (χ4n) is 3.09. The highest BCUT2D eigenvalue weighted by molar-refractivity contribution is 5.94. The van der Waals surface area contributed by atoms with Crippen LogP contribution < -0.4 is 10.6 Å². The number of benzene rings is 2. The summed E-state index contributed by atoms with van der Waals surface area (Å²) in [4.78, 5) is 12.3. The summed E-state index contributed by atoms with van der Waals surface area (Å²) in [5.74, 6) is -0.423. The molecule has 0 heterocycles. The van der Waals surface area contributed by atoms with E-state index in [9.17, 15) is 9.18 Å². The van der Waals surface area contributed by atoms with Crippen LogP contribution in [0.1, 0.15) is 36.9 Å². The predicted molar refractivity (Wildman–Crippen MR) is 89.7 cm³/mol. The van der Waals surface area contributed by atoms with Crippen molar-refractivity contribution in [3.8, 4) is 0 Å². The molecule has 3 rings (SSSR count). The fraction of sp³-hybridized carbons (Fsp3) is 0.316. The van der Waals surface area contributed by atoms with Crippen LogP contribution in [0.3, 0.4) is 0 Å². The number of carbonyl (C=O) groups is 1. The molecule has 1 aliphatic carbocycles. The van der Waals surface area contributed by atoms with Gasteiger partial charge in [0.1, 0.15) is 5.82 Å². The largest absolute Gasteiger partial charge is 0.325 e. The Morgan fingerprint density at radius 3 is 2.70 bits per heavy atom. The molecule has 2 atom stereocenters.